The van der Waals surface area contributed by atoms with Crippen LogP contribution in [-0.2, 0) is 0 Å². The summed E-state index contributed by atoms with van der Waals surface area (Å²) in [5, 5.41) is 5.98. The number of nitrogens with one attached hydrogen (secondary N) is 2. The summed E-state index contributed by atoms with van der Waals surface area (Å²) in [6, 6.07) is 16.7. The Hall–Kier alpha value is -3.61. The third-order valence-electron chi connectivity index (χ3n) is 4.03. The maximum absolute atomic E-state index is 12.7. The van der Waals surface area contributed by atoms with Gasteiger partial charge in [0, 0.05) is 31.7 Å². The molecule has 0 fully saturated rings. The van der Waals surface area contributed by atoms with E-state index in [-0.39, 0.29) is 17.7 Å². The molecule has 0 aliphatic heterocycles. The van der Waals surface area contributed by atoms with Crippen LogP contribution in [0.3, 0.4) is 0 Å². The summed E-state index contributed by atoms with van der Waals surface area (Å²) in [5.74, 6) is 0.629. The molecule has 2 N–H and O–H groups in total. The molecule has 7 heteroatoms. The van der Waals surface area contributed by atoms with Crippen molar-refractivity contribution < 1.29 is 9.53 Å². The maximum Gasteiger partial charge on any atom is 0.274 e. The van der Waals surface area contributed by atoms with Crippen molar-refractivity contribution in [3.63, 3.8) is 0 Å². The summed E-state index contributed by atoms with van der Waals surface area (Å²) in [7, 11) is 3.97. The Morgan fingerprint density at radius 2 is 1.76 bits per heavy atom. The van der Waals surface area contributed by atoms with Crippen LogP contribution in [0.15, 0.2) is 60.8 Å². The van der Waals surface area contributed by atoms with Gasteiger partial charge in [-0.1, -0.05) is 12.1 Å². The topological polar surface area (TPSA) is 79.4 Å². The maximum atomic E-state index is 12.7. The van der Waals surface area contributed by atoms with E-state index in [1.807, 2.05) is 75.3 Å². The zero-order valence-electron chi connectivity index (χ0n) is 17.0. The lowest BCUT2D eigenvalue weighted by atomic mass is 10.2. The number of carbonyl (C=O) groups is 1. The molecule has 7 nitrogen and oxygen atoms in total. The molecule has 0 aliphatic rings. The normalized spacial score (nSPS) is 10.5. The lowest BCUT2D eigenvalue weighted by Gasteiger charge is -2.15. The molecule has 0 aliphatic carbocycles. The van der Waals surface area contributed by atoms with Gasteiger partial charge in [0.25, 0.3) is 5.91 Å². The van der Waals surface area contributed by atoms with Gasteiger partial charge in [0.15, 0.2) is 0 Å². The second-order valence-corrected chi connectivity index (χ2v) is 6.95. The predicted molar refractivity (Wildman–Crippen MR) is 116 cm³/mol. The fourth-order valence-electron chi connectivity index (χ4n) is 2.63. The quantitative estimate of drug-likeness (QED) is 0.624. The molecule has 1 heterocycles. The number of hydrogen-bond donors (Lipinski definition) is 2. The predicted octanol–water partition coefficient (Wildman–Crippen LogP) is 4.33. The van der Waals surface area contributed by atoms with E-state index < -0.39 is 0 Å². The number of aromatic nitrogens is 2. The number of rotatable bonds is 7. The first kappa shape index (κ1) is 20.1. The van der Waals surface area contributed by atoms with Crippen LogP contribution in [0.1, 0.15) is 24.3 Å². The average Bonchev–Trinajstić information content (AvgIpc) is 2.69. The van der Waals surface area contributed by atoms with E-state index in [0.29, 0.717) is 17.4 Å². The summed E-state index contributed by atoms with van der Waals surface area (Å²) in [6.07, 6.45) is 1.55. The van der Waals surface area contributed by atoms with Crippen LogP contribution in [0.5, 0.6) is 5.75 Å². The molecule has 0 saturated heterocycles. The van der Waals surface area contributed by atoms with Crippen LogP contribution < -0.4 is 20.3 Å². The zero-order valence-corrected chi connectivity index (χ0v) is 17.0. The van der Waals surface area contributed by atoms with Crippen molar-refractivity contribution in [3.8, 4) is 5.75 Å². The Morgan fingerprint density at radius 3 is 2.45 bits per heavy atom. The van der Waals surface area contributed by atoms with Gasteiger partial charge in [-0.25, -0.2) is 9.97 Å². The van der Waals surface area contributed by atoms with Gasteiger partial charge in [0.1, 0.15) is 11.4 Å². The number of hydrogen-bond acceptors (Lipinski definition) is 6. The molecular weight excluding hydrogens is 366 g/mol. The van der Waals surface area contributed by atoms with Gasteiger partial charge in [-0.15, -0.1) is 0 Å². The fraction of sp³-hybridized carbons (Fsp3) is 0.227. The average molecular weight is 391 g/mol. The Morgan fingerprint density at radius 1 is 1.03 bits per heavy atom. The summed E-state index contributed by atoms with van der Waals surface area (Å²) < 4.78 is 5.75. The third-order valence-corrected chi connectivity index (χ3v) is 4.03. The van der Waals surface area contributed by atoms with Crippen LogP contribution >= 0.6 is 0 Å². The van der Waals surface area contributed by atoms with Crippen molar-refractivity contribution in [2.45, 2.75) is 20.0 Å². The van der Waals surface area contributed by atoms with E-state index in [9.17, 15) is 4.79 Å². The molecule has 0 radical (unpaired) electrons. The molecule has 3 aromatic rings. The second-order valence-electron chi connectivity index (χ2n) is 6.95. The van der Waals surface area contributed by atoms with Crippen LogP contribution in [0.4, 0.5) is 23.0 Å². The molecule has 0 spiro atoms. The smallest absolute Gasteiger partial charge is 0.274 e. The lowest BCUT2D eigenvalue weighted by Crippen LogP contribution is -2.16. The van der Waals surface area contributed by atoms with E-state index in [1.54, 1.807) is 18.3 Å². The Labute approximate surface area is 170 Å². The molecule has 29 heavy (non-hydrogen) atoms. The minimum Gasteiger partial charge on any atom is -0.489 e. The molecular formula is C22H25N5O2. The van der Waals surface area contributed by atoms with Crippen molar-refractivity contribution in [1.29, 1.82) is 0 Å². The molecule has 150 valence electrons. The van der Waals surface area contributed by atoms with E-state index in [1.165, 1.54) is 0 Å². The van der Waals surface area contributed by atoms with Crippen molar-refractivity contribution in [2.75, 3.05) is 29.6 Å². The van der Waals surface area contributed by atoms with E-state index in [4.69, 9.17) is 4.74 Å². The fourth-order valence-corrected chi connectivity index (χ4v) is 2.63. The standard InChI is InChI=1S/C22H25N5O2/c1-15(2)29-20-8-6-5-7-18(20)25-21(28)19-13-14-23-22(26-19)24-16-9-11-17(12-10-16)27(3)4/h5-15H,1-4H3,(H,25,28)(H,23,24,26). The van der Waals surface area contributed by atoms with Crippen LogP contribution in [-0.4, -0.2) is 36.1 Å². The summed E-state index contributed by atoms with van der Waals surface area (Å²) in [5.41, 5.74) is 2.78. The monoisotopic (exact) mass is 391 g/mol. The summed E-state index contributed by atoms with van der Waals surface area (Å²) >= 11 is 0. The van der Waals surface area contributed by atoms with Gasteiger partial charge in [-0.2, -0.15) is 0 Å². The first-order valence-corrected chi connectivity index (χ1v) is 9.37. The number of nitrogens with zero attached hydrogens (tertiary/aromatic N) is 3. The minimum absolute atomic E-state index is 0.00166. The molecule has 0 bridgehead atoms. The highest BCUT2D eigenvalue weighted by atomic mass is 16.5. The summed E-state index contributed by atoms with van der Waals surface area (Å²) in [6.45, 7) is 3.87. The van der Waals surface area contributed by atoms with Crippen molar-refractivity contribution in [2.24, 2.45) is 0 Å². The number of ether oxygens (including phenoxy) is 1. The largest absolute Gasteiger partial charge is 0.489 e. The molecule has 0 unspecified atom stereocenters. The number of carbonyl (C=O) groups excluding carboxylic acids is 1. The van der Waals surface area contributed by atoms with E-state index >= 15 is 0 Å². The minimum atomic E-state index is -0.335. The first-order chi connectivity index (χ1) is 13.9. The van der Waals surface area contributed by atoms with E-state index in [2.05, 4.69) is 20.6 Å². The van der Waals surface area contributed by atoms with E-state index in [0.717, 1.165) is 11.4 Å². The molecule has 3 rings (SSSR count). The second kappa shape index (κ2) is 9.05. The molecule has 1 amide bonds. The van der Waals surface area contributed by atoms with Gasteiger partial charge in [-0.3, -0.25) is 4.79 Å². The van der Waals surface area contributed by atoms with Crippen molar-refractivity contribution >= 4 is 28.9 Å². The molecule has 0 saturated carbocycles. The van der Waals surface area contributed by atoms with Gasteiger partial charge in [-0.05, 0) is 56.3 Å². The van der Waals surface area contributed by atoms with Gasteiger partial charge >= 0.3 is 0 Å². The van der Waals surface area contributed by atoms with Crippen LogP contribution in [0, 0.1) is 0 Å². The Balaban J connectivity index is 1.73. The number of benzene rings is 2. The molecule has 1 aromatic heterocycles. The third kappa shape index (κ3) is 5.44. The SMILES string of the molecule is CC(C)Oc1ccccc1NC(=O)c1ccnc(Nc2ccc(N(C)C)cc2)n1. The van der Waals surface area contributed by atoms with Gasteiger partial charge in [0.2, 0.25) is 5.95 Å². The van der Waals surface area contributed by atoms with Crippen LogP contribution in [0.25, 0.3) is 0 Å². The highest BCUT2D eigenvalue weighted by molar-refractivity contribution is 6.03. The first-order valence-electron chi connectivity index (χ1n) is 9.37. The number of amides is 1. The molecule has 0 atom stereocenters. The Bertz CT molecular complexity index is 971. The van der Waals surface area contributed by atoms with Crippen molar-refractivity contribution in [3.05, 3.63) is 66.5 Å². The number of para-hydroxylation sites is 2. The molecule has 2 aromatic carbocycles. The van der Waals surface area contributed by atoms with Crippen LogP contribution in [0.2, 0.25) is 0 Å². The lowest BCUT2D eigenvalue weighted by molar-refractivity contribution is 0.102. The highest BCUT2D eigenvalue weighted by Crippen LogP contribution is 2.25. The Kier molecular flexibility index (Phi) is 6.29. The highest BCUT2D eigenvalue weighted by Gasteiger charge is 2.13. The summed E-state index contributed by atoms with van der Waals surface area (Å²) in [4.78, 5) is 23.2. The van der Waals surface area contributed by atoms with Gasteiger partial charge in [0.05, 0.1) is 11.8 Å². The van der Waals surface area contributed by atoms with Crippen molar-refractivity contribution in [1.82, 2.24) is 9.97 Å². The zero-order chi connectivity index (χ0) is 20.8. The number of anilines is 4. The van der Waals surface area contributed by atoms with Gasteiger partial charge < -0.3 is 20.3 Å².